The minimum atomic E-state index is -0.271. The van der Waals surface area contributed by atoms with Gasteiger partial charge in [-0.15, -0.1) is 0 Å². The number of aryl methyl sites for hydroxylation is 1. The molecule has 0 atom stereocenters. The van der Waals surface area contributed by atoms with E-state index < -0.39 is 0 Å². The Morgan fingerprint density at radius 3 is 2.76 bits per heavy atom. The quantitative estimate of drug-likeness (QED) is 0.807. The predicted octanol–water partition coefficient (Wildman–Crippen LogP) is 3.23. The fourth-order valence-corrected chi connectivity index (χ4v) is 2.45. The van der Waals surface area contributed by atoms with E-state index in [9.17, 15) is 4.79 Å². The Hall–Kier alpha value is -2.33. The van der Waals surface area contributed by atoms with Crippen molar-refractivity contribution in [3.05, 3.63) is 70.5 Å². The number of fused-ring (bicyclic) bond motifs is 1. The largest absolute Gasteiger partial charge is 0.347 e. The Morgan fingerprint density at radius 2 is 2.00 bits per heavy atom. The molecule has 0 fully saturated rings. The zero-order valence-electron chi connectivity index (χ0n) is 11.5. The third kappa shape index (κ3) is 2.62. The van der Waals surface area contributed by atoms with Crippen LogP contribution in [0.5, 0.6) is 0 Å². The van der Waals surface area contributed by atoms with Gasteiger partial charge in [0, 0.05) is 12.7 Å². The maximum Gasteiger partial charge on any atom is 0.273 e. The zero-order valence-corrected chi connectivity index (χ0v) is 12.3. The van der Waals surface area contributed by atoms with Crippen molar-refractivity contribution < 1.29 is 4.79 Å². The Labute approximate surface area is 127 Å². The van der Waals surface area contributed by atoms with Gasteiger partial charge >= 0.3 is 0 Å². The first-order valence-electron chi connectivity index (χ1n) is 6.62. The standard InChI is InChI=1S/C16H14ClN3O/c1-11-6-2-3-7-12(11)10-18-16(21)15-14(17)13-8-4-5-9-20(13)19-15/h2-9H,10H2,1H3,(H,18,21). The minimum Gasteiger partial charge on any atom is -0.347 e. The van der Waals surface area contributed by atoms with Crippen molar-refractivity contribution >= 4 is 23.0 Å². The third-order valence-corrected chi connectivity index (χ3v) is 3.77. The van der Waals surface area contributed by atoms with E-state index in [-0.39, 0.29) is 11.6 Å². The van der Waals surface area contributed by atoms with Gasteiger partial charge in [-0.2, -0.15) is 5.10 Å². The number of pyridine rings is 1. The summed E-state index contributed by atoms with van der Waals surface area (Å²) in [6, 6.07) is 13.4. The number of nitrogens with one attached hydrogen (secondary N) is 1. The molecule has 3 aromatic rings. The van der Waals surface area contributed by atoms with Crippen LogP contribution in [0.1, 0.15) is 21.6 Å². The number of nitrogens with zero attached hydrogens (tertiary/aromatic N) is 2. The molecule has 0 bridgehead atoms. The average Bonchev–Trinajstić information content (AvgIpc) is 2.84. The maximum absolute atomic E-state index is 12.2. The van der Waals surface area contributed by atoms with Crippen LogP contribution in [0.3, 0.4) is 0 Å². The number of rotatable bonds is 3. The van der Waals surface area contributed by atoms with E-state index in [0.717, 1.165) is 16.6 Å². The highest BCUT2D eigenvalue weighted by molar-refractivity contribution is 6.36. The molecular formula is C16H14ClN3O. The van der Waals surface area contributed by atoms with Gasteiger partial charge in [-0.1, -0.05) is 41.9 Å². The number of carbonyl (C=O) groups is 1. The van der Waals surface area contributed by atoms with E-state index in [1.807, 2.05) is 49.4 Å². The average molecular weight is 300 g/mol. The van der Waals surface area contributed by atoms with E-state index in [1.54, 1.807) is 10.7 Å². The van der Waals surface area contributed by atoms with Crippen LogP contribution in [-0.2, 0) is 6.54 Å². The van der Waals surface area contributed by atoms with Crippen LogP contribution in [-0.4, -0.2) is 15.5 Å². The molecule has 21 heavy (non-hydrogen) atoms. The summed E-state index contributed by atoms with van der Waals surface area (Å²) < 4.78 is 1.60. The van der Waals surface area contributed by atoms with Crippen molar-refractivity contribution in [1.82, 2.24) is 14.9 Å². The first-order chi connectivity index (χ1) is 10.2. The van der Waals surface area contributed by atoms with Gasteiger partial charge in [0.2, 0.25) is 0 Å². The highest BCUT2D eigenvalue weighted by Gasteiger charge is 2.17. The fraction of sp³-hybridized carbons (Fsp3) is 0.125. The maximum atomic E-state index is 12.2. The highest BCUT2D eigenvalue weighted by atomic mass is 35.5. The number of benzene rings is 1. The summed E-state index contributed by atoms with van der Waals surface area (Å²) in [4.78, 5) is 12.2. The molecule has 0 aliphatic carbocycles. The predicted molar refractivity (Wildman–Crippen MR) is 82.6 cm³/mol. The highest BCUT2D eigenvalue weighted by Crippen LogP contribution is 2.21. The van der Waals surface area contributed by atoms with Gasteiger partial charge in [0.05, 0.1) is 10.5 Å². The lowest BCUT2D eigenvalue weighted by Gasteiger charge is -2.06. The van der Waals surface area contributed by atoms with Gasteiger partial charge in [0.1, 0.15) is 0 Å². The summed E-state index contributed by atoms with van der Waals surface area (Å²) in [6.45, 7) is 2.47. The number of hydrogen-bond acceptors (Lipinski definition) is 2. The Balaban J connectivity index is 1.81. The normalized spacial score (nSPS) is 10.8. The molecule has 0 saturated carbocycles. The van der Waals surface area contributed by atoms with E-state index in [4.69, 9.17) is 11.6 Å². The molecule has 4 nitrogen and oxygen atoms in total. The molecule has 3 rings (SSSR count). The van der Waals surface area contributed by atoms with Gasteiger partial charge < -0.3 is 5.32 Å². The second-order valence-corrected chi connectivity index (χ2v) is 5.18. The van der Waals surface area contributed by atoms with Crippen molar-refractivity contribution in [3.8, 4) is 0 Å². The van der Waals surface area contributed by atoms with Crippen LogP contribution >= 0.6 is 11.6 Å². The summed E-state index contributed by atoms with van der Waals surface area (Å²) in [6.07, 6.45) is 1.76. The van der Waals surface area contributed by atoms with Gasteiger partial charge in [-0.3, -0.25) is 4.79 Å². The molecule has 1 aromatic carbocycles. The molecule has 5 heteroatoms. The van der Waals surface area contributed by atoms with Crippen molar-refractivity contribution in [3.63, 3.8) is 0 Å². The van der Waals surface area contributed by atoms with Crippen LogP contribution in [0.2, 0.25) is 5.02 Å². The first kappa shape index (κ1) is 13.6. The lowest BCUT2D eigenvalue weighted by atomic mass is 10.1. The molecule has 2 heterocycles. The van der Waals surface area contributed by atoms with Crippen LogP contribution in [0.25, 0.3) is 5.52 Å². The second kappa shape index (κ2) is 5.58. The molecule has 1 N–H and O–H groups in total. The zero-order chi connectivity index (χ0) is 14.8. The van der Waals surface area contributed by atoms with Crippen LogP contribution < -0.4 is 5.32 Å². The van der Waals surface area contributed by atoms with Gasteiger partial charge in [0.15, 0.2) is 5.69 Å². The molecule has 2 aromatic heterocycles. The van der Waals surface area contributed by atoms with Crippen molar-refractivity contribution in [1.29, 1.82) is 0 Å². The van der Waals surface area contributed by atoms with Crippen LogP contribution in [0.15, 0.2) is 48.7 Å². The molecule has 1 amide bonds. The summed E-state index contributed by atoms with van der Waals surface area (Å²) >= 11 is 6.22. The summed E-state index contributed by atoms with van der Waals surface area (Å²) in [5.41, 5.74) is 3.18. The van der Waals surface area contributed by atoms with Crippen molar-refractivity contribution in [2.75, 3.05) is 0 Å². The minimum absolute atomic E-state index is 0.247. The molecule has 0 spiro atoms. The monoisotopic (exact) mass is 299 g/mol. The molecule has 0 unspecified atom stereocenters. The summed E-state index contributed by atoms with van der Waals surface area (Å²) in [5.74, 6) is -0.271. The lowest BCUT2D eigenvalue weighted by molar-refractivity contribution is 0.0945. The lowest BCUT2D eigenvalue weighted by Crippen LogP contribution is -2.24. The van der Waals surface area contributed by atoms with Gasteiger partial charge in [-0.05, 0) is 30.2 Å². The van der Waals surface area contributed by atoms with Crippen LogP contribution in [0.4, 0.5) is 0 Å². The number of amides is 1. The van der Waals surface area contributed by atoms with Crippen molar-refractivity contribution in [2.45, 2.75) is 13.5 Å². The van der Waals surface area contributed by atoms with Gasteiger partial charge in [0.25, 0.3) is 5.91 Å². The Bertz CT molecular complexity index is 810. The molecule has 0 aliphatic heterocycles. The number of carbonyl (C=O) groups excluding carboxylic acids is 1. The van der Waals surface area contributed by atoms with Gasteiger partial charge in [-0.25, -0.2) is 4.52 Å². The molecule has 106 valence electrons. The van der Waals surface area contributed by atoms with Crippen molar-refractivity contribution in [2.24, 2.45) is 0 Å². The van der Waals surface area contributed by atoms with Crippen LogP contribution in [0, 0.1) is 6.92 Å². The number of halogens is 1. The van der Waals surface area contributed by atoms with E-state index in [0.29, 0.717) is 11.6 Å². The molecule has 0 aliphatic rings. The van der Waals surface area contributed by atoms with E-state index in [2.05, 4.69) is 10.4 Å². The molecule has 0 radical (unpaired) electrons. The SMILES string of the molecule is Cc1ccccc1CNC(=O)c1nn2ccccc2c1Cl. The summed E-state index contributed by atoms with van der Waals surface area (Å²) in [7, 11) is 0. The first-order valence-corrected chi connectivity index (χ1v) is 7.00. The van der Waals surface area contributed by atoms with E-state index >= 15 is 0 Å². The van der Waals surface area contributed by atoms with E-state index in [1.165, 1.54) is 0 Å². The third-order valence-electron chi connectivity index (χ3n) is 3.40. The molecular weight excluding hydrogens is 286 g/mol. The summed E-state index contributed by atoms with van der Waals surface area (Å²) in [5, 5.41) is 7.45. The number of aromatic nitrogens is 2. The Kier molecular flexibility index (Phi) is 3.62. The second-order valence-electron chi connectivity index (χ2n) is 4.80. The fourth-order valence-electron chi connectivity index (χ4n) is 2.18. The smallest absolute Gasteiger partial charge is 0.273 e. The topological polar surface area (TPSA) is 46.4 Å². The number of hydrogen-bond donors (Lipinski definition) is 1. The molecule has 0 saturated heterocycles. The Morgan fingerprint density at radius 1 is 1.24 bits per heavy atom.